The van der Waals surface area contributed by atoms with E-state index in [4.69, 9.17) is 0 Å². The van der Waals surface area contributed by atoms with Crippen LogP contribution in [0.25, 0.3) is 0 Å². The van der Waals surface area contributed by atoms with E-state index in [9.17, 15) is 4.79 Å². The van der Waals surface area contributed by atoms with Gasteiger partial charge >= 0.3 is 0 Å². The summed E-state index contributed by atoms with van der Waals surface area (Å²) in [5.74, 6) is 1.80. The van der Waals surface area contributed by atoms with Crippen molar-refractivity contribution >= 4 is 5.91 Å². The molecule has 0 unspecified atom stereocenters. The van der Waals surface area contributed by atoms with E-state index in [0.29, 0.717) is 25.0 Å². The quantitative estimate of drug-likeness (QED) is 0.866. The van der Waals surface area contributed by atoms with Gasteiger partial charge in [-0.15, -0.1) is 0 Å². The smallest absolute Gasteiger partial charge is 0.234 e. The molecule has 3 rings (SSSR count). The second-order valence-corrected chi connectivity index (χ2v) is 7.54. The molecule has 0 saturated carbocycles. The molecule has 1 N–H and O–H groups in total. The molecule has 2 aromatic rings. The van der Waals surface area contributed by atoms with Crippen LogP contribution in [0.1, 0.15) is 55.6 Å². The molecule has 1 amide bonds. The third-order valence-corrected chi connectivity index (χ3v) is 5.31. The van der Waals surface area contributed by atoms with Gasteiger partial charge < -0.3 is 9.88 Å². The SMILES string of the molecule is Cc1ccccc1CNC(=O)CN1CCC(c2nccn2C(C)C)CC1. The van der Waals surface area contributed by atoms with E-state index >= 15 is 0 Å². The zero-order valence-electron chi connectivity index (χ0n) is 16.1. The van der Waals surface area contributed by atoms with Crippen molar-refractivity contribution in [2.24, 2.45) is 0 Å². The number of nitrogens with one attached hydrogen (secondary N) is 1. The number of amides is 1. The van der Waals surface area contributed by atoms with Gasteiger partial charge in [-0.05, 0) is 57.8 Å². The van der Waals surface area contributed by atoms with Crippen molar-refractivity contribution in [3.05, 3.63) is 53.6 Å². The normalized spacial score (nSPS) is 16.2. The van der Waals surface area contributed by atoms with Gasteiger partial charge in [0.25, 0.3) is 0 Å². The zero-order valence-corrected chi connectivity index (χ0v) is 16.1. The number of carbonyl (C=O) groups excluding carboxylic acids is 1. The maximum atomic E-state index is 12.3. The molecule has 1 aromatic heterocycles. The van der Waals surface area contributed by atoms with E-state index in [1.807, 2.05) is 18.3 Å². The third-order valence-electron chi connectivity index (χ3n) is 5.31. The van der Waals surface area contributed by atoms with Crippen LogP contribution in [0, 0.1) is 6.92 Å². The fourth-order valence-electron chi connectivity index (χ4n) is 3.69. The summed E-state index contributed by atoms with van der Waals surface area (Å²) in [7, 11) is 0. The van der Waals surface area contributed by atoms with Gasteiger partial charge in [-0.2, -0.15) is 0 Å². The Kier molecular flexibility index (Phi) is 6.09. The third kappa shape index (κ3) is 4.52. The summed E-state index contributed by atoms with van der Waals surface area (Å²) < 4.78 is 2.27. The number of piperidine rings is 1. The number of carbonyl (C=O) groups is 1. The van der Waals surface area contributed by atoms with Gasteiger partial charge in [0.1, 0.15) is 5.82 Å². The maximum Gasteiger partial charge on any atom is 0.234 e. The van der Waals surface area contributed by atoms with Gasteiger partial charge in [-0.1, -0.05) is 24.3 Å². The predicted molar refractivity (Wildman–Crippen MR) is 104 cm³/mol. The van der Waals surface area contributed by atoms with Crippen LogP contribution in [0.5, 0.6) is 0 Å². The maximum absolute atomic E-state index is 12.3. The van der Waals surface area contributed by atoms with Crippen LogP contribution >= 0.6 is 0 Å². The molecule has 5 nitrogen and oxygen atoms in total. The molecular weight excluding hydrogens is 324 g/mol. The Morgan fingerprint density at radius 1 is 1.27 bits per heavy atom. The summed E-state index contributed by atoms with van der Waals surface area (Å²) in [4.78, 5) is 19.1. The molecule has 1 aliphatic heterocycles. The lowest BCUT2D eigenvalue weighted by Gasteiger charge is -2.31. The molecule has 1 aromatic carbocycles. The number of hydrogen-bond acceptors (Lipinski definition) is 3. The van der Waals surface area contributed by atoms with Gasteiger partial charge in [-0.3, -0.25) is 9.69 Å². The molecule has 0 aliphatic carbocycles. The van der Waals surface area contributed by atoms with Crippen LogP contribution in [-0.2, 0) is 11.3 Å². The number of aromatic nitrogens is 2. The molecule has 2 heterocycles. The summed E-state index contributed by atoms with van der Waals surface area (Å²) >= 11 is 0. The molecule has 0 bridgehead atoms. The van der Waals surface area contributed by atoms with Crippen molar-refractivity contribution in [3.8, 4) is 0 Å². The molecule has 1 saturated heterocycles. The lowest BCUT2D eigenvalue weighted by Crippen LogP contribution is -2.41. The molecule has 140 valence electrons. The highest BCUT2D eigenvalue weighted by atomic mass is 16.2. The number of hydrogen-bond donors (Lipinski definition) is 1. The second kappa shape index (κ2) is 8.49. The summed E-state index contributed by atoms with van der Waals surface area (Å²) in [5, 5.41) is 3.05. The summed E-state index contributed by atoms with van der Waals surface area (Å²) in [5.41, 5.74) is 2.40. The first kappa shape index (κ1) is 18.6. The number of likely N-dealkylation sites (tertiary alicyclic amines) is 1. The molecule has 0 radical (unpaired) electrons. The van der Waals surface area contributed by atoms with Gasteiger partial charge in [0.05, 0.1) is 6.54 Å². The average molecular weight is 354 g/mol. The van der Waals surface area contributed by atoms with Crippen LogP contribution in [0.4, 0.5) is 0 Å². The summed E-state index contributed by atoms with van der Waals surface area (Å²) in [6, 6.07) is 8.62. The van der Waals surface area contributed by atoms with Crippen LogP contribution < -0.4 is 5.32 Å². The highest BCUT2D eigenvalue weighted by Crippen LogP contribution is 2.28. The first-order valence-electron chi connectivity index (χ1n) is 9.61. The van der Waals surface area contributed by atoms with Crippen LogP contribution in [0.15, 0.2) is 36.7 Å². The Balaban J connectivity index is 1.46. The van der Waals surface area contributed by atoms with E-state index in [1.54, 1.807) is 0 Å². The van der Waals surface area contributed by atoms with E-state index in [1.165, 1.54) is 17.0 Å². The van der Waals surface area contributed by atoms with Crippen molar-refractivity contribution in [2.45, 2.75) is 52.1 Å². The zero-order chi connectivity index (χ0) is 18.5. The number of aryl methyl sites for hydroxylation is 1. The Hall–Kier alpha value is -2.14. The van der Waals surface area contributed by atoms with E-state index in [2.05, 4.69) is 58.9 Å². The average Bonchev–Trinajstić information content (AvgIpc) is 3.12. The first-order valence-corrected chi connectivity index (χ1v) is 9.61. The fraction of sp³-hybridized carbons (Fsp3) is 0.524. The molecule has 1 aliphatic rings. The Morgan fingerprint density at radius 3 is 2.69 bits per heavy atom. The number of imidazole rings is 1. The monoisotopic (exact) mass is 354 g/mol. The summed E-state index contributed by atoms with van der Waals surface area (Å²) in [6.45, 7) is 9.46. The number of rotatable bonds is 6. The minimum atomic E-state index is 0.107. The van der Waals surface area contributed by atoms with Crippen LogP contribution in [0.2, 0.25) is 0 Å². The van der Waals surface area contributed by atoms with Gasteiger partial charge in [0.15, 0.2) is 0 Å². The minimum absolute atomic E-state index is 0.107. The molecule has 0 spiro atoms. The molecule has 5 heteroatoms. The minimum Gasteiger partial charge on any atom is -0.351 e. The summed E-state index contributed by atoms with van der Waals surface area (Å²) in [6.07, 6.45) is 6.11. The van der Waals surface area contributed by atoms with Gasteiger partial charge in [-0.25, -0.2) is 4.98 Å². The highest BCUT2D eigenvalue weighted by molar-refractivity contribution is 5.78. The van der Waals surface area contributed by atoms with Crippen molar-refractivity contribution in [2.75, 3.05) is 19.6 Å². The van der Waals surface area contributed by atoms with Crippen LogP contribution in [0.3, 0.4) is 0 Å². The van der Waals surface area contributed by atoms with E-state index in [-0.39, 0.29) is 5.91 Å². The highest BCUT2D eigenvalue weighted by Gasteiger charge is 2.25. The largest absolute Gasteiger partial charge is 0.351 e. The lowest BCUT2D eigenvalue weighted by molar-refractivity contribution is -0.122. The second-order valence-electron chi connectivity index (χ2n) is 7.54. The van der Waals surface area contributed by atoms with Crippen molar-refractivity contribution in [3.63, 3.8) is 0 Å². The van der Waals surface area contributed by atoms with E-state index < -0.39 is 0 Å². The molecule has 26 heavy (non-hydrogen) atoms. The standard InChI is InChI=1S/C21H30N4O/c1-16(2)25-13-10-22-21(25)18-8-11-24(12-9-18)15-20(26)23-14-19-7-5-4-6-17(19)3/h4-7,10,13,16,18H,8-9,11-12,14-15H2,1-3H3,(H,23,26). The Labute approximate surface area is 156 Å². The lowest BCUT2D eigenvalue weighted by atomic mass is 9.95. The van der Waals surface area contributed by atoms with Crippen molar-refractivity contribution in [1.82, 2.24) is 19.8 Å². The molecule has 1 fully saturated rings. The van der Waals surface area contributed by atoms with Crippen LogP contribution in [-0.4, -0.2) is 40.0 Å². The Bertz CT molecular complexity index is 729. The predicted octanol–water partition coefficient (Wildman–Crippen LogP) is 3.27. The van der Waals surface area contributed by atoms with Crippen molar-refractivity contribution in [1.29, 1.82) is 0 Å². The first-order chi connectivity index (χ1) is 12.5. The van der Waals surface area contributed by atoms with Gasteiger partial charge in [0.2, 0.25) is 5.91 Å². The molecular formula is C21H30N4O. The fourth-order valence-corrected chi connectivity index (χ4v) is 3.69. The van der Waals surface area contributed by atoms with Crippen molar-refractivity contribution < 1.29 is 4.79 Å². The number of benzene rings is 1. The number of nitrogens with zero attached hydrogens (tertiary/aromatic N) is 3. The van der Waals surface area contributed by atoms with E-state index in [0.717, 1.165) is 25.9 Å². The topological polar surface area (TPSA) is 50.2 Å². The van der Waals surface area contributed by atoms with Gasteiger partial charge in [0, 0.05) is 30.9 Å². The Morgan fingerprint density at radius 2 is 2.00 bits per heavy atom. The molecule has 0 atom stereocenters.